The van der Waals surface area contributed by atoms with Crippen molar-refractivity contribution in [2.24, 2.45) is 5.92 Å². The van der Waals surface area contributed by atoms with Crippen molar-refractivity contribution in [3.63, 3.8) is 0 Å². The van der Waals surface area contributed by atoms with Crippen molar-refractivity contribution < 1.29 is 9.53 Å². The second-order valence-electron chi connectivity index (χ2n) is 7.33. The zero-order valence-corrected chi connectivity index (χ0v) is 17.9. The molecule has 0 aliphatic carbocycles. The Balaban J connectivity index is 1.37. The van der Waals surface area contributed by atoms with E-state index >= 15 is 0 Å². The normalized spacial score (nSPS) is 17.8. The van der Waals surface area contributed by atoms with Crippen molar-refractivity contribution >= 4 is 22.7 Å². The fourth-order valence-corrected chi connectivity index (χ4v) is 4.59. The minimum absolute atomic E-state index is 0.00908. The first-order chi connectivity index (χ1) is 15.1. The Kier molecular flexibility index (Phi) is 6.52. The Hall–Kier alpha value is -3.32. The molecule has 2 unspecified atom stereocenters. The van der Waals surface area contributed by atoms with E-state index in [4.69, 9.17) is 4.74 Å². The number of hydrogen-bond acceptors (Lipinski definition) is 5. The summed E-state index contributed by atoms with van der Waals surface area (Å²) in [6.07, 6.45) is 7.09. The van der Waals surface area contributed by atoms with Gasteiger partial charge in [0.15, 0.2) is 0 Å². The topological polar surface area (TPSA) is 73.2 Å². The molecule has 2 atom stereocenters. The summed E-state index contributed by atoms with van der Waals surface area (Å²) < 4.78 is 7.30. The van der Waals surface area contributed by atoms with Crippen LogP contribution >= 0.6 is 11.8 Å². The Morgan fingerprint density at radius 1 is 1.16 bits per heavy atom. The molecule has 0 saturated carbocycles. The number of aromatic nitrogens is 2. The Bertz CT molecular complexity index is 1130. The zero-order valence-electron chi connectivity index (χ0n) is 17.1. The molecule has 0 radical (unpaired) electrons. The van der Waals surface area contributed by atoms with E-state index in [1.54, 1.807) is 29.2 Å². The van der Waals surface area contributed by atoms with Crippen LogP contribution in [0, 0.1) is 5.92 Å². The van der Waals surface area contributed by atoms with Gasteiger partial charge in [0.1, 0.15) is 12.4 Å². The standard InChI is InChI=1S/C24H23N3O3S/c1-17-12-22(31-23(17)24(29)26-15-19-8-5-10-25-14-19)27-11-9-20(13-21(27)28)30-16-18-6-3-2-4-7-18/h2-14,17,23H,15-16H2,1H3,(H,26,29). The van der Waals surface area contributed by atoms with Gasteiger partial charge in [-0.05, 0) is 35.3 Å². The molecule has 4 rings (SSSR count). The molecule has 7 heteroatoms. The average molecular weight is 434 g/mol. The van der Waals surface area contributed by atoms with E-state index in [0.717, 1.165) is 16.2 Å². The lowest BCUT2D eigenvalue weighted by molar-refractivity contribution is -0.121. The molecule has 0 spiro atoms. The van der Waals surface area contributed by atoms with E-state index in [9.17, 15) is 9.59 Å². The number of benzene rings is 1. The predicted molar refractivity (Wildman–Crippen MR) is 122 cm³/mol. The van der Waals surface area contributed by atoms with E-state index in [-0.39, 0.29) is 22.6 Å². The smallest absolute Gasteiger partial charge is 0.259 e. The molecule has 1 N–H and O–H groups in total. The summed E-state index contributed by atoms with van der Waals surface area (Å²) in [5.41, 5.74) is 1.80. The zero-order chi connectivity index (χ0) is 21.6. The highest BCUT2D eigenvalue weighted by Gasteiger charge is 2.32. The third-order valence-corrected chi connectivity index (χ3v) is 6.43. The summed E-state index contributed by atoms with van der Waals surface area (Å²) in [6, 6.07) is 16.8. The van der Waals surface area contributed by atoms with Crippen LogP contribution in [0.4, 0.5) is 0 Å². The molecule has 0 saturated heterocycles. The van der Waals surface area contributed by atoms with Gasteiger partial charge in [-0.3, -0.25) is 19.1 Å². The number of carbonyl (C=O) groups is 1. The fraction of sp³-hybridized carbons (Fsp3) is 0.208. The first-order valence-electron chi connectivity index (χ1n) is 10.0. The number of rotatable bonds is 7. The second kappa shape index (κ2) is 9.66. The van der Waals surface area contributed by atoms with E-state index in [1.807, 2.05) is 55.5 Å². The number of hydrogen-bond donors (Lipinski definition) is 1. The quantitative estimate of drug-likeness (QED) is 0.615. The van der Waals surface area contributed by atoms with Crippen LogP contribution in [0.1, 0.15) is 18.1 Å². The number of ether oxygens (including phenoxy) is 1. The average Bonchev–Trinajstić information content (AvgIpc) is 3.19. The van der Waals surface area contributed by atoms with Crippen molar-refractivity contribution in [1.82, 2.24) is 14.9 Å². The van der Waals surface area contributed by atoms with E-state index in [1.165, 1.54) is 17.8 Å². The van der Waals surface area contributed by atoms with E-state index in [0.29, 0.717) is 18.9 Å². The van der Waals surface area contributed by atoms with Gasteiger partial charge in [0, 0.05) is 31.2 Å². The first kappa shape index (κ1) is 20.9. The van der Waals surface area contributed by atoms with Crippen molar-refractivity contribution in [3.05, 3.63) is 101 Å². The lowest BCUT2D eigenvalue weighted by Gasteiger charge is -2.15. The Labute approximate surface area is 185 Å². The van der Waals surface area contributed by atoms with Crippen LogP contribution in [0.5, 0.6) is 5.75 Å². The van der Waals surface area contributed by atoms with Crippen LogP contribution in [0.15, 0.2) is 84.1 Å². The molecule has 31 heavy (non-hydrogen) atoms. The van der Waals surface area contributed by atoms with Gasteiger partial charge in [-0.15, -0.1) is 0 Å². The number of amides is 1. The van der Waals surface area contributed by atoms with E-state index < -0.39 is 0 Å². The maximum atomic E-state index is 12.7. The van der Waals surface area contributed by atoms with Crippen LogP contribution in [-0.4, -0.2) is 20.7 Å². The molecule has 2 aromatic heterocycles. The molecule has 158 valence electrons. The summed E-state index contributed by atoms with van der Waals surface area (Å²) in [5, 5.41) is 3.43. The van der Waals surface area contributed by atoms with Gasteiger partial charge in [0.25, 0.3) is 5.56 Å². The molecule has 3 heterocycles. The minimum atomic E-state index is -0.285. The third kappa shape index (κ3) is 5.24. The monoisotopic (exact) mass is 433 g/mol. The van der Waals surface area contributed by atoms with Crippen molar-refractivity contribution in [1.29, 1.82) is 0 Å². The lowest BCUT2D eigenvalue weighted by Crippen LogP contribution is -2.34. The molecular weight excluding hydrogens is 410 g/mol. The van der Waals surface area contributed by atoms with Gasteiger partial charge >= 0.3 is 0 Å². The molecule has 0 fully saturated rings. The fourth-order valence-electron chi connectivity index (χ4n) is 3.28. The number of pyridine rings is 2. The highest BCUT2D eigenvalue weighted by atomic mass is 32.2. The van der Waals surface area contributed by atoms with E-state index in [2.05, 4.69) is 10.3 Å². The SMILES string of the molecule is CC1C=C(n2ccc(OCc3ccccc3)cc2=O)SC1C(=O)NCc1cccnc1. The maximum absolute atomic E-state index is 12.7. The molecule has 1 aliphatic heterocycles. The minimum Gasteiger partial charge on any atom is -0.489 e. The van der Waals surface area contributed by atoms with Gasteiger partial charge in [-0.1, -0.05) is 55.1 Å². The molecule has 0 bridgehead atoms. The number of carbonyl (C=O) groups excluding carboxylic acids is 1. The van der Waals surface area contributed by atoms with Crippen LogP contribution in [-0.2, 0) is 17.9 Å². The van der Waals surface area contributed by atoms with Gasteiger partial charge < -0.3 is 10.1 Å². The third-order valence-electron chi connectivity index (χ3n) is 4.96. The van der Waals surface area contributed by atoms with Crippen LogP contribution in [0.2, 0.25) is 0 Å². The number of thioether (sulfide) groups is 1. The Morgan fingerprint density at radius 2 is 1.97 bits per heavy atom. The van der Waals surface area contributed by atoms with Crippen LogP contribution < -0.4 is 15.6 Å². The summed E-state index contributed by atoms with van der Waals surface area (Å²) in [6.45, 7) is 2.81. The first-order valence-corrected chi connectivity index (χ1v) is 10.9. The highest BCUT2D eigenvalue weighted by molar-refractivity contribution is 8.09. The van der Waals surface area contributed by atoms with Gasteiger partial charge in [-0.2, -0.15) is 0 Å². The predicted octanol–water partition coefficient (Wildman–Crippen LogP) is 3.69. The number of nitrogens with one attached hydrogen (secondary N) is 1. The summed E-state index contributed by atoms with van der Waals surface area (Å²) >= 11 is 1.40. The van der Waals surface area contributed by atoms with Gasteiger partial charge in [0.2, 0.25) is 5.91 Å². The Morgan fingerprint density at radius 3 is 2.71 bits per heavy atom. The molecular formula is C24H23N3O3S. The highest BCUT2D eigenvalue weighted by Crippen LogP contribution is 2.38. The lowest BCUT2D eigenvalue weighted by atomic mass is 10.1. The number of allylic oxidation sites excluding steroid dienone is 1. The van der Waals surface area contributed by atoms with Crippen molar-refractivity contribution in [2.75, 3.05) is 0 Å². The summed E-state index contributed by atoms with van der Waals surface area (Å²) in [5.74, 6) is 0.478. The molecule has 1 aliphatic rings. The maximum Gasteiger partial charge on any atom is 0.259 e. The van der Waals surface area contributed by atoms with Crippen LogP contribution in [0.25, 0.3) is 5.03 Å². The largest absolute Gasteiger partial charge is 0.489 e. The molecule has 6 nitrogen and oxygen atoms in total. The summed E-state index contributed by atoms with van der Waals surface area (Å²) in [7, 11) is 0. The van der Waals surface area contributed by atoms with Crippen molar-refractivity contribution in [2.45, 2.75) is 25.3 Å². The number of nitrogens with zero attached hydrogens (tertiary/aromatic N) is 2. The summed E-state index contributed by atoms with van der Waals surface area (Å²) in [4.78, 5) is 29.4. The van der Waals surface area contributed by atoms with Crippen LogP contribution in [0.3, 0.4) is 0 Å². The molecule has 1 aromatic carbocycles. The van der Waals surface area contributed by atoms with Crippen molar-refractivity contribution in [3.8, 4) is 5.75 Å². The van der Waals surface area contributed by atoms with Gasteiger partial charge in [-0.25, -0.2) is 0 Å². The van der Waals surface area contributed by atoms with Gasteiger partial charge in [0.05, 0.1) is 10.3 Å². The second-order valence-corrected chi connectivity index (χ2v) is 8.49. The molecule has 1 amide bonds. The molecule has 3 aromatic rings.